The maximum Gasteiger partial charge on any atom is 2.00 e. The molecule has 118 valence electrons. The van der Waals surface area contributed by atoms with Crippen LogP contribution in [-0.2, 0) is 13.9 Å². The summed E-state index contributed by atoms with van der Waals surface area (Å²) < 4.78 is 17.5. The van der Waals surface area contributed by atoms with Crippen molar-refractivity contribution >= 4 is 44.7 Å². The van der Waals surface area contributed by atoms with E-state index in [-0.39, 0.29) is 29.0 Å². The van der Waals surface area contributed by atoms with Gasteiger partial charge in [-0.05, 0) is 5.92 Å². The van der Waals surface area contributed by atoms with Crippen LogP contribution in [0.1, 0.15) is 20.3 Å². The van der Waals surface area contributed by atoms with E-state index >= 15 is 0 Å². The van der Waals surface area contributed by atoms with Gasteiger partial charge < -0.3 is 40.2 Å². The van der Waals surface area contributed by atoms with Gasteiger partial charge in [-0.1, -0.05) is 20.3 Å². The van der Waals surface area contributed by atoms with Crippen LogP contribution in [0.3, 0.4) is 0 Å². The summed E-state index contributed by atoms with van der Waals surface area (Å²) in [6, 6.07) is -0.699. The molecule has 0 aliphatic carbocycles. The molecule has 0 amide bonds. The Hall–Kier alpha value is 0.416. The molecule has 0 aliphatic rings. The minimum atomic E-state index is -4.89. The van der Waals surface area contributed by atoms with Crippen molar-refractivity contribution in [2.75, 3.05) is 0 Å². The molecule has 0 aliphatic heterocycles. The van der Waals surface area contributed by atoms with Crippen LogP contribution in [0.4, 0.5) is 0 Å². The summed E-state index contributed by atoms with van der Waals surface area (Å²) in [5.74, 6) is -0.841. The molecular formula is C6H17MgNO10P2. The molecule has 11 nitrogen and oxygen atoms in total. The molecule has 7 N–H and O–H groups in total. The first-order valence-corrected chi connectivity index (χ1v) is 7.67. The minimum Gasteiger partial charge on any atom is -0.756 e. The van der Waals surface area contributed by atoms with Gasteiger partial charge >= 0.3 is 29.0 Å². The zero-order valence-electron chi connectivity index (χ0n) is 10.8. The van der Waals surface area contributed by atoms with E-state index in [9.17, 15) is 4.79 Å². The Morgan fingerprint density at radius 1 is 1.15 bits per heavy atom. The molecule has 0 spiro atoms. The molecule has 20 heavy (non-hydrogen) atoms. The van der Waals surface area contributed by atoms with Gasteiger partial charge in [0.25, 0.3) is 15.6 Å². The summed E-state index contributed by atoms with van der Waals surface area (Å²) in [5, 5.41) is 8.36. The predicted octanol–water partition coefficient (Wildman–Crippen LogP) is -3.06. The summed E-state index contributed by atoms with van der Waals surface area (Å²) in [6.45, 7) is 3.76. The van der Waals surface area contributed by atoms with Crippen molar-refractivity contribution in [2.45, 2.75) is 26.3 Å². The number of hydrogen-bond donors (Lipinski definition) is 6. The Bertz CT molecular complexity index is 304. The fourth-order valence-electron chi connectivity index (χ4n) is 0.497. The van der Waals surface area contributed by atoms with Crippen LogP contribution in [0.15, 0.2) is 0 Å². The normalized spacial score (nSPS) is 13.4. The van der Waals surface area contributed by atoms with Crippen LogP contribution in [-0.4, -0.2) is 59.7 Å². The monoisotopic (exact) mass is 349 g/mol. The van der Waals surface area contributed by atoms with Crippen LogP contribution in [0.25, 0.3) is 0 Å². The summed E-state index contributed by atoms with van der Waals surface area (Å²) in [7, 11) is -9.78. The number of hydrogen-bond acceptors (Lipinski definition) is 6. The van der Waals surface area contributed by atoms with Gasteiger partial charge in [0.15, 0.2) is 0 Å². The topological polar surface area (TPSA) is 224 Å². The fourth-order valence-corrected chi connectivity index (χ4v) is 0.497. The standard InChI is InChI=1S/C6H13NO2.Mg.2H3O4P/c1-3-4(2)5(7)6(8)9;;2*1-5(2,3)4/h4-5H,3,7H2,1-2H3,(H,8,9);;2*(H3,1,2,3,4)/q;+2;;/p-2. The van der Waals surface area contributed by atoms with Gasteiger partial charge in [0.2, 0.25) is 0 Å². The smallest absolute Gasteiger partial charge is 0.756 e. The van der Waals surface area contributed by atoms with Crippen LogP contribution < -0.4 is 15.5 Å². The molecule has 0 saturated carbocycles. The Balaban J connectivity index is -0.000000101. The van der Waals surface area contributed by atoms with Crippen LogP contribution in [0, 0.1) is 5.92 Å². The van der Waals surface area contributed by atoms with E-state index in [1.807, 2.05) is 13.8 Å². The molecule has 0 aromatic rings. The van der Waals surface area contributed by atoms with Gasteiger partial charge in [-0.25, -0.2) is 0 Å². The number of carboxylic acid groups (broad SMARTS) is 1. The van der Waals surface area contributed by atoms with Gasteiger partial charge in [-0.15, -0.1) is 0 Å². The average molecular weight is 349 g/mol. The second-order valence-electron chi connectivity index (χ2n) is 3.23. The van der Waals surface area contributed by atoms with Crippen molar-refractivity contribution in [1.82, 2.24) is 0 Å². The van der Waals surface area contributed by atoms with Crippen LogP contribution in [0.2, 0.25) is 0 Å². The first-order valence-electron chi connectivity index (χ1n) is 4.61. The third-order valence-corrected chi connectivity index (χ3v) is 1.54. The van der Waals surface area contributed by atoms with E-state index in [4.69, 9.17) is 49.3 Å². The molecule has 0 aromatic carbocycles. The molecule has 14 heteroatoms. The Kier molecular flexibility index (Phi) is 18.7. The second-order valence-corrected chi connectivity index (χ2v) is 5.19. The van der Waals surface area contributed by atoms with Crippen molar-refractivity contribution in [3.8, 4) is 0 Å². The summed E-state index contributed by atoms with van der Waals surface area (Å²) >= 11 is 0. The molecule has 0 saturated heterocycles. The molecule has 0 rings (SSSR count). The number of nitrogens with two attached hydrogens (primary N) is 1. The van der Waals surface area contributed by atoms with Crippen molar-refractivity contribution in [2.24, 2.45) is 11.7 Å². The Morgan fingerprint density at radius 2 is 1.35 bits per heavy atom. The predicted molar refractivity (Wildman–Crippen MR) is 64.9 cm³/mol. The van der Waals surface area contributed by atoms with Gasteiger partial charge in [0.1, 0.15) is 6.04 Å². The summed E-state index contributed by atoms with van der Waals surface area (Å²) in [6.07, 6.45) is 0.813. The Labute approximate surface area is 131 Å². The third-order valence-electron chi connectivity index (χ3n) is 1.54. The largest absolute Gasteiger partial charge is 2.00 e. The van der Waals surface area contributed by atoms with Gasteiger partial charge in [0.05, 0.1) is 0 Å². The number of carboxylic acids is 1. The van der Waals surface area contributed by atoms with E-state index in [0.29, 0.717) is 0 Å². The molecule has 0 bridgehead atoms. The molecule has 2 atom stereocenters. The molecule has 0 radical (unpaired) electrons. The van der Waals surface area contributed by atoms with Crippen molar-refractivity contribution in [3.63, 3.8) is 0 Å². The SMILES string of the molecule is CCC(C)C(N)C(=O)O.O=P([O-])(O)O.O=P([O-])(O)O.[Mg+2]. The maximum atomic E-state index is 10.2. The maximum absolute atomic E-state index is 10.2. The van der Waals surface area contributed by atoms with Gasteiger partial charge in [-0.2, -0.15) is 0 Å². The average Bonchev–Trinajstić information content (AvgIpc) is 2.09. The Morgan fingerprint density at radius 3 is 1.40 bits per heavy atom. The summed E-state index contributed by atoms with van der Waals surface area (Å²) in [5.41, 5.74) is 5.27. The van der Waals surface area contributed by atoms with Crippen molar-refractivity contribution in [1.29, 1.82) is 0 Å². The van der Waals surface area contributed by atoms with E-state index in [2.05, 4.69) is 0 Å². The number of rotatable bonds is 3. The van der Waals surface area contributed by atoms with Crippen molar-refractivity contribution < 1.29 is 48.4 Å². The number of phosphoric acid groups is 2. The molecule has 2 unspecified atom stereocenters. The molecule has 0 heterocycles. The zero-order chi connectivity index (χ0) is 16.4. The second kappa shape index (κ2) is 13.1. The fraction of sp³-hybridized carbons (Fsp3) is 0.833. The number of aliphatic carboxylic acids is 1. The first kappa shape index (κ1) is 28.6. The minimum absolute atomic E-state index is 0. The van der Waals surface area contributed by atoms with E-state index < -0.39 is 27.7 Å². The first-order chi connectivity index (χ1) is 8.09. The summed E-state index contributed by atoms with van der Waals surface area (Å²) in [4.78, 5) is 56.0. The van der Waals surface area contributed by atoms with Crippen molar-refractivity contribution in [3.05, 3.63) is 0 Å². The molecular weight excluding hydrogens is 332 g/mol. The van der Waals surface area contributed by atoms with Crippen LogP contribution >= 0.6 is 15.6 Å². The molecule has 0 fully saturated rings. The molecule has 0 aromatic heterocycles. The zero-order valence-corrected chi connectivity index (χ0v) is 14.0. The van der Waals surface area contributed by atoms with Crippen LogP contribution in [0.5, 0.6) is 0 Å². The van der Waals surface area contributed by atoms with E-state index in [1.165, 1.54) is 0 Å². The van der Waals surface area contributed by atoms with E-state index in [1.54, 1.807) is 0 Å². The number of carbonyl (C=O) groups is 1. The quantitative estimate of drug-likeness (QED) is 0.221. The third kappa shape index (κ3) is 51.5. The van der Waals surface area contributed by atoms with Gasteiger partial charge in [0, 0.05) is 0 Å². The van der Waals surface area contributed by atoms with E-state index in [0.717, 1.165) is 6.42 Å². The van der Waals surface area contributed by atoms with Gasteiger partial charge in [-0.3, -0.25) is 13.9 Å².